The molecule has 7 rings (SSSR count). The highest BCUT2D eigenvalue weighted by molar-refractivity contribution is 6.09. The molecule has 0 spiro atoms. The quantitative estimate of drug-likeness (QED) is 0.143. The Kier molecular flexibility index (Phi) is 7.26. The fourth-order valence-electron chi connectivity index (χ4n) is 6.02. The largest absolute Gasteiger partial charge is 0.0877 e. The van der Waals surface area contributed by atoms with Gasteiger partial charge in [0.05, 0.1) is 0 Å². The Balaban J connectivity index is 1.35. The number of rotatable bonds is 6. The molecule has 0 fully saturated rings. The predicted molar refractivity (Wildman–Crippen MR) is 189 cm³/mol. The van der Waals surface area contributed by atoms with Crippen LogP contribution in [0.25, 0.3) is 72.8 Å². The van der Waals surface area contributed by atoms with Gasteiger partial charge in [-0.1, -0.05) is 152 Å². The second-order valence-electron chi connectivity index (χ2n) is 10.9. The summed E-state index contributed by atoms with van der Waals surface area (Å²) in [6.45, 7) is 2.05. The van der Waals surface area contributed by atoms with Crippen LogP contribution in [0.5, 0.6) is 0 Å². The van der Waals surface area contributed by atoms with Gasteiger partial charge in [0, 0.05) is 0 Å². The first-order valence-corrected chi connectivity index (χ1v) is 14.9. The zero-order chi connectivity index (χ0) is 29.0. The van der Waals surface area contributed by atoms with E-state index in [1.807, 2.05) is 0 Å². The van der Waals surface area contributed by atoms with Crippen molar-refractivity contribution in [2.45, 2.75) is 6.92 Å². The molecule has 204 valence electrons. The Hall–Kier alpha value is -5.46. The minimum Gasteiger partial charge on any atom is -0.0877 e. The molecule has 0 aromatic heterocycles. The van der Waals surface area contributed by atoms with E-state index in [0.29, 0.717) is 0 Å². The van der Waals surface area contributed by atoms with Crippen LogP contribution in [0.3, 0.4) is 0 Å². The third kappa shape index (κ3) is 5.44. The molecular formula is C43H32. The summed E-state index contributed by atoms with van der Waals surface area (Å²) in [5.41, 5.74) is 8.53. The lowest BCUT2D eigenvalue weighted by atomic mass is 9.87. The molecular weight excluding hydrogens is 516 g/mol. The molecule has 0 unspecified atom stereocenters. The second kappa shape index (κ2) is 11.8. The topological polar surface area (TPSA) is 0 Å². The molecule has 0 saturated heterocycles. The van der Waals surface area contributed by atoms with Crippen LogP contribution >= 0.6 is 0 Å². The van der Waals surface area contributed by atoms with Crippen LogP contribution in [0.2, 0.25) is 0 Å². The van der Waals surface area contributed by atoms with E-state index in [1.165, 1.54) is 71.3 Å². The standard InChI is InChI=1S/C43H32/c1-2-3-4-17-38-30-42(37-18-11-12-31(28-37)21-22-32-23-24-33-13-5-7-15-35(33)27-32)40-19-9-10-20-41(40)43(38)39-26-25-34-14-6-8-16-36(34)29-39/h2-30H,1H3/b3-2-,17-4-,22-21+. The molecule has 7 aromatic rings. The van der Waals surface area contributed by atoms with E-state index < -0.39 is 0 Å². The van der Waals surface area contributed by atoms with Crippen LogP contribution in [0.15, 0.2) is 158 Å². The van der Waals surface area contributed by atoms with E-state index in [2.05, 4.69) is 183 Å². The molecule has 0 heterocycles. The van der Waals surface area contributed by atoms with Gasteiger partial charge < -0.3 is 0 Å². The number of fused-ring (bicyclic) bond motifs is 3. The van der Waals surface area contributed by atoms with Gasteiger partial charge >= 0.3 is 0 Å². The van der Waals surface area contributed by atoms with Crippen molar-refractivity contribution in [3.63, 3.8) is 0 Å². The van der Waals surface area contributed by atoms with Crippen molar-refractivity contribution >= 4 is 50.5 Å². The van der Waals surface area contributed by atoms with Gasteiger partial charge in [-0.2, -0.15) is 0 Å². The lowest BCUT2D eigenvalue weighted by Crippen LogP contribution is -1.91. The van der Waals surface area contributed by atoms with Gasteiger partial charge in [0.2, 0.25) is 0 Å². The zero-order valence-corrected chi connectivity index (χ0v) is 24.2. The summed E-state index contributed by atoms with van der Waals surface area (Å²) in [4.78, 5) is 0. The maximum absolute atomic E-state index is 2.36. The summed E-state index contributed by atoms with van der Waals surface area (Å²) in [6.07, 6.45) is 13.0. The van der Waals surface area contributed by atoms with E-state index in [1.54, 1.807) is 0 Å². The van der Waals surface area contributed by atoms with Gasteiger partial charge in [0.15, 0.2) is 0 Å². The van der Waals surface area contributed by atoms with Crippen molar-refractivity contribution in [2.75, 3.05) is 0 Å². The minimum atomic E-state index is 1.18. The average Bonchev–Trinajstić information content (AvgIpc) is 3.07. The normalized spacial score (nSPS) is 12.0. The van der Waals surface area contributed by atoms with Crippen LogP contribution in [0, 0.1) is 0 Å². The molecule has 0 heteroatoms. The molecule has 0 bridgehead atoms. The summed E-state index contributed by atoms with van der Waals surface area (Å²) in [7, 11) is 0. The van der Waals surface area contributed by atoms with Crippen molar-refractivity contribution < 1.29 is 0 Å². The van der Waals surface area contributed by atoms with E-state index in [-0.39, 0.29) is 0 Å². The fraction of sp³-hybridized carbons (Fsp3) is 0.0233. The van der Waals surface area contributed by atoms with Gasteiger partial charge in [-0.3, -0.25) is 0 Å². The zero-order valence-electron chi connectivity index (χ0n) is 24.2. The first-order chi connectivity index (χ1) is 21.3. The first-order valence-electron chi connectivity index (χ1n) is 14.9. The smallest absolute Gasteiger partial charge is 0.00322 e. The molecule has 0 aliphatic rings. The van der Waals surface area contributed by atoms with E-state index in [4.69, 9.17) is 0 Å². The molecule has 0 aliphatic heterocycles. The molecule has 0 atom stereocenters. The average molecular weight is 549 g/mol. The van der Waals surface area contributed by atoms with Crippen molar-refractivity contribution in [2.24, 2.45) is 0 Å². The van der Waals surface area contributed by atoms with E-state index in [0.717, 1.165) is 0 Å². The Morgan fingerprint density at radius 3 is 1.84 bits per heavy atom. The molecule has 43 heavy (non-hydrogen) atoms. The van der Waals surface area contributed by atoms with Crippen LogP contribution in [-0.2, 0) is 0 Å². The van der Waals surface area contributed by atoms with E-state index in [9.17, 15) is 0 Å². The summed E-state index contributed by atoms with van der Waals surface area (Å²) in [6, 6.07) is 50.6. The highest BCUT2D eigenvalue weighted by atomic mass is 14.2. The van der Waals surface area contributed by atoms with Crippen molar-refractivity contribution in [3.8, 4) is 22.3 Å². The van der Waals surface area contributed by atoms with Crippen LogP contribution in [-0.4, -0.2) is 0 Å². The molecule has 0 saturated carbocycles. The Morgan fingerprint density at radius 1 is 0.419 bits per heavy atom. The molecule has 0 aliphatic carbocycles. The van der Waals surface area contributed by atoms with Gasteiger partial charge in [-0.15, -0.1) is 0 Å². The number of hydrogen-bond donors (Lipinski definition) is 0. The number of benzene rings is 7. The lowest BCUT2D eigenvalue weighted by molar-refractivity contribution is 1.60. The molecule has 7 aromatic carbocycles. The maximum atomic E-state index is 2.36. The summed E-state index contributed by atoms with van der Waals surface area (Å²) in [5, 5.41) is 7.54. The fourth-order valence-corrected chi connectivity index (χ4v) is 6.02. The second-order valence-corrected chi connectivity index (χ2v) is 10.9. The highest BCUT2D eigenvalue weighted by Crippen LogP contribution is 2.40. The SMILES string of the molecule is C/C=C\C=C/c1cc(-c2cccc(/C=C/c3ccc4ccccc4c3)c2)c2ccccc2c1-c1ccc2ccccc2c1. The first kappa shape index (κ1) is 26.4. The third-order valence-electron chi connectivity index (χ3n) is 8.13. The number of hydrogen-bond acceptors (Lipinski definition) is 0. The third-order valence-corrected chi connectivity index (χ3v) is 8.13. The highest BCUT2D eigenvalue weighted by Gasteiger charge is 2.14. The van der Waals surface area contributed by atoms with Crippen LogP contribution < -0.4 is 0 Å². The minimum absolute atomic E-state index is 1.18. The molecule has 0 radical (unpaired) electrons. The van der Waals surface area contributed by atoms with Crippen molar-refractivity contribution in [1.82, 2.24) is 0 Å². The molecule has 0 amide bonds. The van der Waals surface area contributed by atoms with E-state index >= 15 is 0 Å². The van der Waals surface area contributed by atoms with Gasteiger partial charge in [0.25, 0.3) is 0 Å². The number of allylic oxidation sites excluding steroid dienone is 3. The predicted octanol–water partition coefficient (Wildman–Crippen LogP) is 12.2. The van der Waals surface area contributed by atoms with Crippen molar-refractivity contribution in [1.29, 1.82) is 0 Å². The monoisotopic (exact) mass is 548 g/mol. The van der Waals surface area contributed by atoms with Crippen LogP contribution in [0.4, 0.5) is 0 Å². The Morgan fingerprint density at radius 2 is 1.07 bits per heavy atom. The Bertz CT molecular complexity index is 2190. The van der Waals surface area contributed by atoms with Crippen molar-refractivity contribution in [3.05, 3.63) is 174 Å². The molecule has 0 N–H and O–H groups in total. The van der Waals surface area contributed by atoms with Gasteiger partial charge in [0.1, 0.15) is 0 Å². The van der Waals surface area contributed by atoms with Gasteiger partial charge in [-0.25, -0.2) is 0 Å². The summed E-state index contributed by atoms with van der Waals surface area (Å²) >= 11 is 0. The Labute approximate surface area is 253 Å². The lowest BCUT2D eigenvalue weighted by Gasteiger charge is -2.17. The maximum Gasteiger partial charge on any atom is -0.00322 e. The molecule has 0 nitrogen and oxygen atoms in total. The summed E-state index contributed by atoms with van der Waals surface area (Å²) < 4.78 is 0. The summed E-state index contributed by atoms with van der Waals surface area (Å²) in [5.74, 6) is 0. The van der Waals surface area contributed by atoms with Crippen LogP contribution in [0.1, 0.15) is 23.6 Å². The van der Waals surface area contributed by atoms with Gasteiger partial charge in [-0.05, 0) is 102 Å².